The molecule has 0 radical (unpaired) electrons. The Morgan fingerprint density at radius 3 is 1.66 bits per heavy atom. The van der Waals surface area contributed by atoms with Crippen molar-refractivity contribution in [2.45, 2.75) is 71.1 Å². The minimum absolute atomic E-state index is 0.330. The predicted molar refractivity (Wildman–Crippen MR) is 151 cm³/mol. The molecule has 3 aromatic carbocycles. The zero-order chi connectivity index (χ0) is 27.0. The number of carbonyl (C=O) groups is 2. The maximum atomic E-state index is 12.5. The lowest BCUT2D eigenvalue weighted by atomic mass is 10.1. The highest BCUT2D eigenvalue weighted by Crippen LogP contribution is 2.20. The van der Waals surface area contributed by atoms with Gasteiger partial charge in [0.2, 0.25) is 0 Å². The van der Waals surface area contributed by atoms with Crippen LogP contribution in [0, 0.1) is 0 Å². The molecule has 0 saturated heterocycles. The molecule has 3 aromatic rings. The molecule has 6 nitrogen and oxygen atoms in total. The van der Waals surface area contributed by atoms with Crippen LogP contribution >= 0.6 is 0 Å². The van der Waals surface area contributed by atoms with Crippen molar-refractivity contribution in [2.75, 3.05) is 12.3 Å². The molecule has 202 valence electrons. The number of rotatable bonds is 16. The molecule has 3 rings (SSSR count). The van der Waals surface area contributed by atoms with Crippen molar-refractivity contribution in [3.63, 3.8) is 0 Å². The summed E-state index contributed by atoms with van der Waals surface area (Å²) in [6, 6.07) is 19.8. The van der Waals surface area contributed by atoms with Crippen molar-refractivity contribution in [3.05, 3.63) is 83.9 Å². The summed E-state index contributed by atoms with van der Waals surface area (Å²) in [6.45, 7) is 2.92. The standard InChI is InChI=1S/C32H39NO5/c1-2-3-4-5-6-7-8-9-10-11-23-36-28-19-15-25(16-20-28)31(34)37-29-21-17-26(18-22-29)32(35)38-30-14-12-13-27(33)24-30/h12-22,24H,2-11,23,33H2,1H3. The van der Waals surface area contributed by atoms with Gasteiger partial charge in [-0.3, -0.25) is 0 Å². The van der Waals surface area contributed by atoms with E-state index in [2.05, 4.69) is 6.92 Å². The van der Waals surface area contributed by atoms with Crippen molar-refractivity contribution < 1.29 is 23.8 Å². The number of hydrogen-bond donors (Lipinski definition) is 1. The maximum Gasteiger partial charge on any atom is 0.343 e. The van der Waals surface area contributed by atoms with E-state index in [1.165, 1.54) is 57.8 Å². The van der Waals surface area contributed by atoms with Crippen LogP contribution in [-0.2, 0) is 0 Å². The lowest BCUT2D eigenvalue weighted by Gasteiger charge is -2.08. The van der Waals surface area contributed by atoms with E-state index in [0.29, 0.717) is 34.9 Å². The monoisotopic (exact) mass is 517 g/mol. The van der Waals surface area contributed by atoms with Gasteiger partial charge < -0.3 is 19.9 Å². The van der Waals surface area contributed by atoms with E-state index in [0.717, 1.165) is 12.2 Å². The second-order valence-electron chi connectivity index (χ2n) is 9.43. The minimum atomic E-state index is -0.526. The Morgan fingerprint density at radius 1 is 0.605 bits per heavy atom. The van der Waals surface area contributed by atoms with Gasteiger partial charge >= 0.3 is 11.9 Å². The molecular weight excluding hydrogens is 478 g/mol. The quantitative estimate of drug-likeness (QED) is 0.0896. The van der Waals surface area contributed by atoms with Gasteiger partial charge in [-0.2, -0.15) is 0 Å². The molecule has 0 unspecified atom stereocenters. The molecule has 0 aromatic heterocycles. The van der Waals surface area contributed by atoms with Gasteiger partial charge in [-0.05, 0) is 67.1 Å². The zero-order valence-electron chi connectivity index (χ0n) is 22.3. The van der Waals surface area contributed by atoms with Crippen LogP contribution in [0.3, 0.4) is 0 Å². The number of nitrogens with two attached hydrogens (primary N) is 1. The van der Waals surface area contributed by atoms with E-state index in [9.17, 15) is 9.59 Å². The summed E-state index contributed by atoms with van der Waals surface area (Å²) in [5, 5.41) is 0. The molecule has 0 heterocycles. The molecule has 0 aliphatic rings. The summed E-state index contributed by atoms with van der Waals surface area (Å²) in [5.74, 6) is 0.418. The Kier molecular flexibility index (Phi) is 12.2. The van der Waals surface area contributed by atoms with Crippen LogP contribution in [-0.4, -0.2) is 18.5 Å². The second-order valence-corrected chi connectivity index (χ2v) is 9.43. The molecule has 0 aliphatic carbocycles. The molecule has 0 aliphatic heterocycles. The highest BCUT2D eigenvalue weighted by atomic mass is 16.5. The SMILES string of the molecule is CCCCCCCCCCCCOc1ccc(C(=O)Oc2ccc(C(=O)Oc3cccc(N)c3)cc2)cc1. The van der Waals surface area contributed by atoms with Crippen LogP contribution in [0.2, 0.25) is 0 Å². The normalized spacial score (nSPS) is 10.7. The fraction of sp³-hybridized carbons (Fsp3) is 0.375. The molecule has 0 atom stereocenters. The van der Waals surface area contributed by atoms with Gasteiger partial charge in [-0.1, -0.05) is 70.8 Å². The smallest absolute Gasteiger partial charge is 0.343 e. The fourth-order valence-electron chi connectivity index (χ4n) is 4.04. The van der Waals surface area contributed by atoms with E-state index in [1.807, 2.05) is 0 Å². The van der Waals surface area contributed by atoms with Crippen molar-refractivity contribution in [2.24, 2.45) is 0 Å². The Labute approximate surface area is 226 Å². The highest BCUT2D eigenvalue weighted by molar-refractivity contribution is 5.92. The van der Waals surface area contributed by atoms with E-state index in [1.54, 1.807) is 72.8 Å². The van der Waals surface area contributed by atoms with Crippen molar-refractivity contribution >= 4 is 17.6 Å². The summed E-state index contributed by atoms with van der Waals surface area (Å²) >= 11 is 0. The third-order valence-corrected chi connectivity index (χ3v) is 6.23. The second kappa shape index (κ2) is 16.1. The van der Waals surface area contributed by atoms with Gasteiger partial charge in [-0.25, -0.2) is 9.59 Å². The van der Waals surface area contributed by atoms with Crippen molar-refractivity contribution in [1.29, 1.82) is 0 Å². The van der Waals surface area contributed by atoms with Crippen molar-refractivity contribution in [3.8, 4) is 17.2 Å². The van der Waals surface area contributed by atoms with E-state index in [4.69, 9.17) is 19.9 Å². The fourth-order valence-corrected chi connectivity index (χ4v) is 4.04. The lowest BCUT2D eigenvalue weighted by molar-refractivity contribution is 0.0730. The van der Waals surface area contributed by atoms with Crippen LogP contribution in [0.4, 0.5) is 5.69 Å². The Balaban J connectivity index is 1.34. The van der Waals surface area contributed by atoms with Crippen LogP contribution in [0.15, 0.2) is 72.8 Å². The predicted octanol–water partition coefficient (Wildman–Crippen LogP) is 8.01. The molecule has 0 amide bonds. The average molecular weight is 518 g/mol. The van der Waals surface area contributed by atoms with Crippen molar-refractivity contribution in [1.82, 2.24) is 0 Å². The molecule has 38 heavy (non-hydrogen) atoms. The van der Waals surface area contributed by atoms with Gasteiger partial charge in [0.25, 0.3) is 0 Å². The number of carbonyl (C=O) groups excluding carboxylic acids is 2. The van der Waals surface area contributed by atoms with E-state index < -0.39 is 11.9 Å². The first-order chi connectivity index (χ1) is 18.5. The number of esters is 2. The number of nitrogen functional groups attached to an aromatic ring is 1. The summed E-state index contributed by atoms with van der Waals surface area (Å²) in [6.07, 6.45) is 12.9. The highest BCUT2D eigenvalue weighted by Gasteiger charge is 2.12. The average Bonchev–Trinajstić information content (AvgIpc) is 2.92. The molecule has 6 heteroatoms. The lowest BCUT2D eigenvalue weighted by Crippen LogP contribution is -2.10. The number of unbranched alkanes of at least 4 members (excludes halogenated alkanes) is 9. The van der Waals surface area contributed by atoms with Crippen LogP contribution in [0.1, 0.15) is 91.8 Å². The molecule has 2 N–H and O–H groups in total. The third-order valence-electron chi connectivity index (χ3n) is 6.23. The van der Waals surface area contributed by atoms with Gasteiger partial charge in [-0.15, -0.1) is 0 Å². The largest absolute Gasteiger partial charge is 0.494 e. The minimum Gasteiger partial charge on any atom is -0.494 e. The zero-order valence-corrected chi connectivity index (χ0v) is 22.3. The van der Waals surface area contributed by atoms with Gasteiger partial charge in [0.15, 0.2) is 0 Å². The number of benzene rings is 3. The summed E-state index contributed by atoms with van der Waals surface area (Å²) < 4.78 is 16.6. The van der Waals surface area contributed by atoms with Crippen LogP contribution < -0.4 is 19.9 Å². The molecule has 0 spiro atoms. The molecule has 0 saturated carbocycles. The van der Waals surface area contributed by atoms with Crippen LogP contribution in [0.25, 0.3) is 0 Å². The van der Waals surface area contributed by atoms with Gasteiger partial charge in [0, 0.05) is 11.8 Å². The first-order valence-electron chi connectivity index (χ1n) is 13.7. The summed E-state index contributed by atoms with van der Waals surface area (Å²) in [5.41, 5.74) is 6.96. The first-order valence-corrected chi connectivity index (χ1v) is 13.7. The topological polar surface area (TPSA) is 87.8 Å². The Morgan fingerprint density at radius 2 is 1.11 bits per heavy atom. The molecule has 0 fully saturated rings. The molecular formula is C32H39NO5. The number of ether oxygens (including phenoxy) is 3. The Hall–Kier alpha value is -3.80. The van der Waals surface area contributed by atoms with E-state index in [-0.39, 0.29) is 0 Å². The number of anilines is 1. The third kappa shape index (κ3) is 10.3. The first kappa shape index (κ1) is 28.8. The summed E-state index contributed by atoms with van der Waals surface area (Å²) in [7, 11) is 0. The Bertz CT molecular complexity index is 1130. The van der Waals surface area contributed by atoms with E-state index >= 15 is 0 Å². The maximum absolute atomic E-state index is 12.5. The van der Waals surface area contributed by atoms with Crippen LogP contribution in [0.5, 0.6) is 17.2 Å². The summed E-state index contributed by atoms with van der Waals surface area (Å²) in [4.78, 5) is 24.8. The number of hydrogen-bond acceptors (Lipinski definition) is 6. The van der Waals surface area contributed by atoms with Gasteiger partial charge in [0.1, 0.15) is 17.2 Å². The van der Waals surface area contributed by atoms with Gasteiger partial charge in [0.05, 0.1) is 17.7 Å². The molecule has 0 bridgehead atoms.